The molecule has 0 bridgehead atoms. The quantitative estimate of drug-likeness (QED) is 0.424. The predicted molar refractivity (Wildman–Crippen MR) is 125 cm³/mol. The monoisotopic (exact) mass is 427 g/mol. The molecule has 0 radical (unpaired) electrons. The van der Waals surface area contributed by atoms with Crippen molar-refractivity contribution in [2.75, 3.05) is 5.32 Å². The summed E-state index contributed by atoms with van der Waals surface area (Å²) in [6, 6.07) is 16.4. The Kier molecular flexibility index (Phi) is 4.75. The van der Waals surface area contributed by atoms with Crippen LogP contribution in [0.2, 0.25) is 0 Å². The third-order valence-electron chi connectivity index (χ3n) is 5.25. The van der Waals surface area contributed by atoms with E-state index in [0.29, 0.717) is 10.8 Å². The Morgan fingerprint density at radius 2 is 1.81 bits per heavy atom. The highest BCUT2D eigenvalue weighted by Crippen LogP contribution is 2.30. The number of aromatic nitrogens is 4. The molecule has 0 spiro atoms. The highest BCUT2D eigenvalue weighted by atomic mass is 32.1. The fourth-order valence-electron chi connectivity index (χ4n) is 3.75. The van der Waals surface area contributed by atoms with E-state index in [1.807, 2.05) is 32.0 Å². The molecular weight excluding hydrogens is 406 g/mol. The zero-order valence-corrected chi connectivity index (χ0v) is 18.3. The van der Waals surface area contributed by atoms with Crippen LogP contribution >= 0.6 is 11.3 Å². The van der Waals surface area contributed by atoms with Crippen LogP contribution in [0.4, 0.5) is 5.13 Å². The highest BCUT2D eigenvalue weighted by molar-refractivity contribution is 7.22. The summed E-state index contributed by atoms with van der Waals surface area (Å²) < 4.78 is 2.72. The van der Waals surface area contributed by atoms with Crippen LogP contribution in [0.15, 0.2) is 54.7 Å². The van der Waals surface area contributed by atoms with E-state index >= 15 is 0 Å². The topological polar surface area (TPSA) is 72.7 Å². The van der Waals surface area contributed by atoms with Gasteiger partial charge in [-0.25, -0.2) is 14.6 Å². The van der Waals surface area contributed by atoms with Crippen molar-refractivity contribution in [2.24, 2.45) is 0 Å². The first-order valence-corrected chi connectivity index (χ1v) is 10.9. The van der Waals surface area contributed by atoms with Gasteiger partial charge in [-0.05, 0) is 55.7 Å². The smallest absolute Gasteiger partial charge is 0.247 e. The van der Waals surface area contributed by atoms with Gasteiger partial charge in [-0.1, -0.05) is 47.2 Å². The zero-order chi connectivity index (χ0) is 21.5. The van der Waals surface area contributed by atoms with Gasteiger partial charge in [0.05, 0.1) is 15.9 Å². The number of anilines is 1. The number of benzene rings is 2. The van der Waals surface area contributed by atoms with Gasteiger partial charge in [0.15, 0.2) is 10.8 Å². The molecule has 0 saturated heterocycles. The predicted octanol–water partition coefficient (Wildman–Crippen LogP) is 5.27. The van der Waals surface area contributed by atoms with Crippen molar-refractivity contribution >= 4 is 43.6 Å². The van der Waals surface area contributed by atoms with Crippen LogP contribution in [-0.2, 0) is 11.3 Å². The summed E-state index contributed by atoms with van der Waals surface area (Å²) in [6.45, 7) is 6.14. The normalized spacial score (nSPS) is 11.3. The van der Waals surface area contributed by atoms with Crippen LogP contribution in [0.3, 0.4) is 0 Å². The standard InChI is InChI=1S/C24H21N5OS/c1-14-4-7-17(8-5-14)18-10-11-25-23-22(18)16(3)28-29(23)13-21(30)27-24-26-19-9-6-15(2)12-20(19)31-24/h4-12H,13H2,1-3H3,(H,26,27,30). The van der Waals surface area contributed by atoms with E-state index in [4.69, 9.17) is 0 Å². The first kappa shape index (κ1) is 19.4. The molecule has 7 heteroatoms. The summed E-state index contributed by atoms with van der Waals surface area (Å²) >= 11 is 1.47. The molecule has 154 valence electrons. The third-order valence-corrected chi connectivity index (χ3v) is 6.19. The molecule has 5 aromatic rings. The van der Waals surface area contributed by atoms with Crippen molar-refractivity contribution in [3.8, 4) is 11.1 Å². The zero-order valence-electron chi connectivity index (χ0n) is 17.5. The first-order valence-electron chi connectivity index (χ1n) is 10.0. The highest BCUT2D eigenvalue weighted by Gasteiger charge is 2.16. The number of hydrogen-bond donors (Lipinski definition) is 1. The molecule has 0 unspecified atom stereocenters. The van der Waals surface area contributed by atoms with Crippen LogP contribution < -0.4 is 5.32 Å². The Bertz CT molecular complexity index is 1430. The van der Waals surface area contributed by atoms with Crippen molar-refractivity contribution in [1.82, 2.24) is 19.7 Å². The van der Waals surface area contributed by atoms with E-state index in [1.165, 1.54) is 22.5 Å². The van der Waals surface area contributed by atoms with Crippen molar-refractivity contribution in [1.29, 1.82) is 0 Å². The summed E-state index contributed by atoms with van der Waals surface area (Å²) in [5, 5.41) is 9.07. The Morgan fingerprint density at radius 1 is 1.03 bits per heavy atom. The molecule has 3 heterocycles. The summed E-state index contributed by atoms with van der Waals surface area (Å²) in [5.74, 6) is -0.178. The Morgan fingerprint density at radius 3 is 2.61 bits per heavy atom. The largest absolute Gasteiger partial charge is 0.300 e. The molecule has 2 aromatic carbocycles. The lowest BCUT2D eigenvalue weighted by atomic mass is 10.0. The molecule has 0 aliphatic heterocycles. The average molecular weight is 428 g/mol. The maximum Gasteiger partial charge on any atom is 0.247 e. The summed E-state index contributed by atoms with van der Waals surface area (Å²) in [6.07, 6.45) is 1.77. The minimum absolute atomic E-state index is 0.0731. The van der Waals surface area contributed by atoms with Crippen molar-refractivity contribution in [2.45, 2.75) is 27.3 Å². The Hall–Kier alpha value is -3.58. The van der Waals surface area contributed by atoms with Gasteiger partial charge >= 0.3 is 0 Å². The van der Waals surface area contributed by atoms with Gasteiger partial charge in [-0.2, -0.15) is 5.10 Å². The van der Waals surface area contributed by atoms with Gasteiger partial charge < -0.3 is 5.32 Å². The number of fused-ring (bicyclic) bond motifs is 2. The van der Waals surface area contributed by atoms with Gasteiger partial charge in [0, 0.05) is 11.6 Å². The lowest BCUT2D eigenvalue weighted by Gasteiger charge is -2.06. The van der Waals surface area contributed by atoms with Crippen LogP contribution in [0.5, 0.6) is 0 Å². The molecule has 31 heavy (non-hydrogen) atoms. The van der Waals surface area contributed by atoms with E-state index in [0.717, 1.165) is 32.4 Å². The van der Waals surface area contributed by atoms with Gasteiger partial charge in [-0.15, -0.1) is 0 Å². The van der Waals surface area contributed by atoms with Gasteiger partial charge in [0.25, 0.3) is 0 Å². The minimum Gasteiger partial charge on any atom is -0.300 e. The van der Waals surface area contributed by atoms with E-state index in [1.54, 1.807) is 10.9 Å². The van der Waals surface area contributed by atoms with Gasteiger partial charge in [0.1, 0.15) is 6.54 Å². The lowest BCUT2D eigenvalue weighted by Crippen LogP contribution is -2.19. The number of amides is 1. The number of nitrogens with one attached hydrogen (secondary N) is 1. The molecular formula is C24H21N5OS. The minimum atomic E-state index is -0.178. The molecule has 6 nitrogen and oxygen atoms in total. The molecule has 0 atom stereocenters. The number of rotatable bonds is 4. The number of carbonyl (C=O) groups is 1. The summed E-state index contributed by atoms with van der Waals surface area (Å²) in [4.78, 5) is 21.8. The van der Waals surface area contributed by atoms with E-state index in [-0.39, 0.29) is 12.5 Å². The Balaban J connectivity index is 1.44. The second kappa shape index (κ2) is 7.59. The number of hydrogen-bond acceptors (Lipinski definition) is 5. The molecule has 5 rings (SSSR count). The van der Waals surface area contributed by atoms with Crippen molar-refractivity contribution in [3.05, 3.63) is 71.5 Å². The second-order valence-corrected chi connectivity index (χ2v) is 8.74. The second-order valence-electron chi connectivity index (χ2n) is 7.70. The third kappa shape index (κ3) is 3.68. The molecule has 0 aliphatic carbocycles. The molecule has 0 fully saturated rings. The maximum absolute atomic E-state index is 12.7. The maximum atomic E-state index is 12.7. The van der Waals surface area contributed by atoms with Crippen LogP contribution in [0.1, 0.15) is 16.8 Å². The SMILES string of the molecule is Cc1ccc(-c2ccnc3c2c(C)nn3CC(=O)Nc2nc3ccc(C)cc3s2)cc1. The number of nitrogens with zero attached hydrogens (tertiary/aromatic N) is 4. The fourth-order valence-corrected chi connectivity index (χ4v) is 4.73. The molecule has 1 N–H and O–H groups in total. The summed E-state index contributed by atoms with van der Waals surface area (Å²) in [7, 11) is 0. The number of pyridine rings is 1. The molecule has 3 aromatic heterocycles. The van der Waals surface area contributed by atoms with Crippen molar-refractivity contribution in [3.63, 3.8) is 0 Å². The Labute approximate surface area is 183 Å². The molecule has 1 amide bonds. The lowest BCUT2D eigenvalue weighted by molar-refractivity contribution is -0.116. The molecule has 0 saturated carbocycles. The van der Waals surface area contributed by atoms with Crippen LogP contribution in [0, 0.1) is 20.8 Å². The average Bonchev–Trinajstić information content (AvgIpc) is 3.28. The van der Waals surface area contributed by atoms with Gasteiger partial charge in [0.2, 0.25) is 5.91 Å². The molecule has 0 aliphatic rings. The van der Waals surface area contributed by atoms with E-state index < -0.39 is 0 Å². The van der Waals surface area contributed by atoms with E-state index in [9.17, 15) is 4.79 Å². The number of carbonyl (C=O) groups excluding carboxylic acids is 1. The van der Waals surface area contributed by atoms with Gasteiger partial charge in [-0.3, -0.25) is 4.79 Å². The van der Waals surface area contributed by atoms with Crippen LogP contribution in [0.25, 0.3) is 32.4 Å². The fraction of sp³-hybridized carbons (Fsp3) is 0.167. The number of aryl methyl sites for hydroxylation is 3. The van der Waals surface area contributed by atoms with Crippen LogP contribution in [-0.4, -0.2) is 25.7 Å². The van der Waals surface area contributed by atoms with E-state index in [2.05, 4.69) is 57.6 Å². The van der Waals surface area contributed by atoms with Crippen molar-refractivity contribution < 1.29 is 4.79 Å². The summed E-state index contributed by atoms with van der Waals surface area (Å²) in [5.41, 5.74) is 6.99. The number of thiazole rings is 1. The first-order chi connectivity index (χ1) is 15.0.